The van der Waals surface area contributed by atoms with Crippen molar-refractivity contribution in [2.24, 2.45) is 0 Å². The van der Waals surface area contributed by atoms with Crippen LogP contribution in [0.3, 0.4) is 0 Å². The zero-order chi connectivity index (χ0) is 15.0. The number of nitrogens with one attached hydrogen (secondary N) is 1. The van der Waals surface area contributed by atoms with Crippen molar-refractivity contribution in [3.63, 3.8) is 0 Å². The third kappa shape index (κ3) is 3.27. The Balaban J connectivity index is 3.15. The Kier molecular flexibility index (Phi) is 4.31. The number of amides is 1. The van der Waals surface area contributed by atoms with Crippen LogP contribution in [0.25, 0.3) is 0 Å². The molecule has 5 nitrogen and oxygen atoms in total. The Hall–Kier alpha value is -1.08. The van der Waals surface area contributed by atoms with Crippen LogP contribution in [0.1, 0.15) is 19.4 Å². The Morgan fingerprint density at radius 3 is 2.32 bits per heavy atom. The zero-order valence-corrected chi connectivity index (χ0v) is 13.6. The van der Waals surface area contributed by atoms with Crippen LogP contribution in [-0.4, -0.2) is 25.3 Å². The van der Waals surface area contributed by atoms with Crippen LogP contribution >= 0.6 is 15.9 Å². The second kappa shape index (κ2) is 5.13. The predicted octanol–water partition coefficient (Wildman–Crippen LogP) is 2.10. The molecule has 1 aromatic rings. The van der Waals surface area contributed by atoms with Gasteiger partial charge in [-0.05, 0) is 54.4 Å². The lowest BCUT2D eigenvalue weighted by atomic mass is 10.1. The van der Waals surface area contributed by atoms with Gasteiger partial charge in [0.25, 0.3) is 0 Å². The first kappa shape index (κ1) is 16.0. The van der Waals surface area contributed by atoms with Crippen molar-refractivity contribution < 1.29 is 13.2 Å². The fraction of sp³-hybridized carbons (Fsp3) is 0.417. The molecule has 0 aliphatic heterocycles. The summed E-state index contributed by atoms with van der Waals surface area (Å²) >= 11 is 3.30. The second-order valence-electron chi connectivity index (χ2n) is 4.95. The number of anilines is 2. The molecule has 0 aromatic heterocycles. The van der Waals surface area contributed by atoms with Crippen LogP contribution in [-0.2, 0) is 14.6 Å². The highest BCUT2D eigenvalue weighted by atomic mass is 79.9. The van der Waals surface area contributed by atoms with Gasteiger partial charge in [0.15, 0.2) is 9.84 Å². The molecule has 1 rings (SSSR count). The predicted molar refractivity (Wildman–Crippen MR) is 80.8 cm³/mol. The van der Waals surface area contributed by atoms with Crippen molar-refractivity contribution in [3.05, 3.63) is 22.2 Å². The first-order valence-corrected chi connectivity index (χ1v) is 8.22. The summed E-state index contributed by atoms with van der Waals surface area (Å²) in [5.74, 6) is -0.619. The van der Waals surface area contributed by atoms with Gasteiger partial charge in [0.1, 0.15) is 4.75 Å². The lowest BCUT2D eigenvalue weighted by Gasteiger charge is -2.22. The monoisotopic (exact) mass is 348 g/mol. The summed E-state index contributed by atoms with van der Waals surface area (Å²) in [5.41, 5.74) is 7.52. The molecule has 0 saturated heterocycles. The van der Waals surface area contributed by atoms with Gasteiger partial charge in [-0.1, -0.05) is 0 Å². The summed E-state index contributed by atoms with van der Waals surface area (Å²) in [6.45, 7) is 4.58. The molecule has 7 heteroatoms. The van der Waals surface area contributed by atoms with E-state index >= 15 is 0 Å². The standard InChI is InChI=1S/C12H17BrN2O3S/c1-7-5-8(13)10(9(14)6-7)15-11(16)12(2,3)19(4,17)18/h5-6H,14H2,1-4H3,(H,15,16). The number of halogens is 1. The first-order valence-electron chi connectivity index (χ1n) is 5.53. The molecule has 0 aliphatic rings. The van der Waals surface area contributed by atoms with Crippen molar-refractivity contribution in [2.45, 2.75) is 25.5 Å². The summed E-state index contributed by atoms with van der Waals surface area (Å²) in [6.07, 6.45) is 1.03. The molecule has 19 heavy (non-hydrogen) atoms. The molecule has 106 valence electrons. The number of nitrogen functional groups attached to an aromatic ring is 1. The summed E-state index contributed by atoms with van der Waals surface area (Å²) < 4.78 is 22.3. The SMILES string of the molecule is Cc1cc(N)c(NC(=O)C(C)(C)S(C)(=O)=O)c(Br)c1. The summed E-state index contributed by atoms with van der Waals surface area (Å²) in [7, 11) is -3.52. The second-order valence-corrected chi connectivity index (χ2v) is 8.37. The maximum Gasteiger partial charge on any atom is 0.245 e. The molecule has 0 atom stereocenters. The molecule has 1 aromatic carbocycles. The van der Waals surface area contributed by atoms with E-state index in [1.807, 2.05) is 6.92 Å². The summed E-state index contributed by atoms with van der Waals surface area (Å²) in [6, 6.07) is 3.49. The van der Waals surface area contributed by atoms with Gasteiger partial charge in [0.2, 0.25) is 5.91 Å². The van der Waals surface area contributed by atoms with Crippen molar-refractivity contribution >= 4 is 43.0 Å². The third-order valence-electron chi connectivity index (χ3n) is 2.98. The number of sulfone groups is 1. The molecule has 0 heterocycles. The number of hydrogen-bond donors (Lipinski definition) is 2. The van der Waals surface area contributed by atoms with E-state index in [9.17, 15) is 13.2 Å². The quantitative estimate of drug-likeness (QED) is 0.818. The number of rotatable bonds is 3. The Labute approximate surface area is 121 Å². The number of carbonyl (C=O) groups excluding carboxylic acids is 1. The normalized spacial score (nSPS) is 12.3. The molecule has 0 aliphatic carbocycles. The van der Waals surface area contributed by atoms with Crippen LogP contribution in [0.4, 0.5) is 11.4 Å². The summed E-state index contributed by atoms with van der Waals surface area (Å²) in [4.78, 5) is 12.1. The largest absolute Gasteiger partial charge is 0.397 e. The number of carbonyl (C=O) groups is 1. The smallest absolute Gasteiger partial charge is 0.245 e. The fourth-order valence-electron chi connectivity index (χ4n) is 1.33. The lowest BCUT2D eigenvalue weighted by Crippen LogP contribution is -2.44. The van der Waals surface area contributed by atoms with Crippen molar-refractivity contribution in [1.29, 1.82) is 0 Å². The van der Waals surface area contributed by atoms with E-state index in [-0.39, 0.29) is 0 Å². The molecule has 0 unspecified atom stereocenters. The van der Waals surface area contributed by atoms with E-state index in [0.29, 0.717) is 15.8 Å². The fourth-order valence-corrected chi connectivity index (χ4v) is 2.41. The Morgan fingerprint density at radius 1 is 1.37 bits per heavy atom. The van der Waals surface area contributed by atoms with Gasteiger partial charge in [0, 0.05) is 10.7 Å². The van der Waals surface area contributed by atoms with E-state index in [0.717, 1.165) is 11.8 Å². The van der Waals surface area contributed by atoms with E-state index in [1.54, 1.807) is 12.1 Å². The van der Waals surface area contributed by atoms with Crippen LogP contribution in [0.5, 0.6) is 0 Å². The number of hydrogen-bond acceptors (Lipinski definition) is 4. The lowest BCUT2D eigenvalue weighted by molar-refractivity contribution is -0.117. The Morgan fingerprint density at radius 2 is 1.89 bits per heavy atom. The minimum Gasteiger partial charge on any atom is -0.397 e. The minimum atomic E-state index is -3.52. The molecule has 0 fully saturated rings. The van der Waals surface area contributed by atoms with Crippen LogP contribution in [0.2, 0.25) is 0 Å². The summed E-state index contributed by atoms with van der Waals surface area (Å²) in [5, 5.41) is 2.56. The van der Waals surface area contributed by atoms with Gasteiger partial charge in [-0.25, -0.2) is 8.42 Å². The zero-order valence-electron chi connectivity index (χ0n) is 11.2. The average Bonchev–Trinajstić information content (AvgIpc) is 2.21. The first-order chi connectivity index (χ1) is 8.46. The van der Waals surface area contributed by atoms with Gasteiger partial charge in [-0.15, -0.1) is 0 Å². The van der Waals surface area contributed by atoms with Crippen LogP contribution in [0, 0.1) is 6.92 Å². The van der Waals surface area contributed by atoms with E-state index in [2.05, 4.69) is 21.2 Å². The molecule has 0 radical (unpaired) electrons. The van der Waals surface area contributed by atoms with Crippen molar-refractivity contribution in [3.8, 4) is 0 Å². The van der Waals surface area contributed by atoms with Gasteiger partial charge >= 0.3 is 0 Å². The van der Waals surface area contributed by atoms with E-state index in [4.69, 9.17) is 5.73 Å². The maximum absolute atomic E-state index is 12.1. The highest BCUT2D eigenvalue weighted by molar-refractivity contribution is 9.10. The molecule has 0 saturated carbocycles. The highest BCUT2D eigenvalue weighted by Crippen LogP contribution is 2.31. The van der Waals surface area contributed by atoms with Crippen molar-refractivity contribution in [1.82, 2.24) is 0 Å². The van der Waals surface area contributed by atoms with Crippen molar-refractivity contribution in [2.75, 3.05) is 17.3 Å². The van der Waals surface area contributed by atoms with E-state index in [1.165, 1.54) is 13.8 Å². The molecule has 3 N–H and O–H groups in total. The topological polar surface area (TPSA) is 89.3 Å². The van der Waals surface area contributed by atoms with Crippen LogP contribution in [0.15, 0.2) is 16.6 Å². The molecule has 0 bridgehead atoms. The minimum absolute atomic E-state index is 0.379. The molecular weight excluding hydrogens is 332 g/mol. The molecule has 1 amide bonds. The highest BCUT2D eigenvalue weighted by Gasteiger charge is 2.38. The number of nitrogens with two attached hydrogens (primary N) is 1. The molecule has 0 spiro atoms. The van der Waals surface area contributed by atoms with Gasteiger partial charge < -0.3 is 11.1 Å². The maximum atomic E-state index is 12.1. The number of aryl methyl sites for hydroxylation is 1. The van der Waals surface area contributed by atoms with Gasteiger partial charge in [0.05, 0.1) is 11.4 Å². The van der Waals surface area contributed by atoms with Crippen LogP contribution < -0.4 is 11.1 Å². The average molecular weight is 349 g/mol. The van der Waals surface area contributed by atoms with E-state index < -0.39 is 20.5 Å². The van der Waals surface area contributed by atoms with Gasteiger partial charge in [-0.2, -0.15) is 0 Å². The molecular formula is C12H17BrN2O3S. The third-order valence-corrected chi connectivity index (χ3v) is 5.64. The number of benzene rings is 1. The van der Waals surface area contributed by atoms with Gasteiger partial charge in [-0.3, -0.25) is 4.79 Å². The Bertz CT molecular complexity index is 601.